The van der Waals surface area contributed by atoms with Gasteiger partial charge in [0.25, 0.3) is 0 Å². The van der Waals surface area contributed by atoms with E-state index in [4.69, 9.17) is 16.3 Å². The summed E-state index contributed by atoms with van der Waals surface area (Å²) in [5, 5.41) is 3.65. The lowest BCUT2D eigenvalue weighted by molar-refractivity contribution is -0.132. The highest BCUT2D eigenvalue weighted by Crippen LogP contribution is 2.27. The van der Waals surface area contributed by atoms with Crippen LogP contribution in [0.4, 0.5) is 5.69 Å². The quantitative estimate of drug-likeness (QED) is 0.791. The summed E-state index contributed by atoms with van der Waals surface area (Å²) in [6.07, 6.45) is 0.831. The van der Waals surface area contributed by atoms with Gasteiger partial charge in [0.05, 0.1) is 23.6 Å². The van der Waals surface area contributed by atoms with Crippen molar-refractivity contribution < 1.29 is 17.9 Å². The lowest BCUT2D eigenvalue weighted by Crippen LogP contribution is -2.41. The molecule has 0 aliphatic carbocycles. The number of rotatable bonds is 7. The van der Waals surface area contributed by atoms with Crippen LogP contribution in [0.1, 0.15) is 19.8 Å². The van der Waals surface area contributed by atoms with Crippen molar-refractivity contribution >= 4 is 33.0 Å². The van der Waals surface area contributed by atoms with Gasteiger partial charge in [-0.3, -0.25) is 4.79 Å². The molecular formula is C16H23ClN2O4S. The molecule has 1 aromatic rings. The summed E-state index contributed by atoms with van der Waals surface area (Å²) in [6.45, 7) is 2.85. The van der Waals surface area contributed by atoms with Crippen molar-refractivity contribution in [3.8, 4) is 5.75 Å². The van der Waals surface area contributed by atoms with Crippen LogP contribution in [0.3, 0.4) is 0 Å². The second-order valence-corrected chi connectivity index (χ2v) is 8.40. The number of nitrogens with one attached hydrogen (secondary N) is 1. The molecule has 0 radical (unpaired) electrons. The molecule has 1 N–H and O–H groups in total. The van der Waals surface area contributed by atoms with Crippen LogP contribution in [0.25, 0.3) is 0 Å². The van der Waals surface area contributed by atoms with E-state index in [1.165, 1.54) is 0 Å². The second-order valence-electron chi connectivity index (χ2n) is 5.76. The van der Waals surface area contributed by atoms with Gasteiger partial charge >= 0.3 is 0 Å². The van der Waals surface area contributed by atoms with Crippen LogP contribution in [0.5, 0.6) is 5.75 Å². The minimum Gasteiger partial charge on any atom is -0.495 e. The third kappa shape index (κ3) is 4.77. The van der Waals surface area contributed by atoms with Crippen LogP contribution in [0, 0.1) is 0 Å². The summed E-state index contributed by atoms with van der Waals surface area (Å²) in [5.41, 5.74) is 0.806. The fourth-order valence-corrected chi connectivity index (χ4v) is 4.88. The summed E-state index contributed by atoms with van der Waals surface area (Å²) >= 11 is 6.06. The molecule has 1 amide bonds. The van der Waals surface area contributed by atoms with Crippen LogP contribution < -0.4 is 10.1 Å². The largest absolute Gasteiger partial charge is 0.495 e. The summed E-state index contributed by atoms with van der Waals surface area (Å²) in [5.74, 6) is 0.808. The second kappa shape index (κ2) is 8.07. The summed E-state index contributed by atoms with van der Waals surface area (Å²) in [4.78, 5) is 14.0. The van der Waals surface area contributed by atoms with Gasteiger partial charge < -0.3 is 15.0 Å². The van der Waals surface area contributed by atoms with Gasteiger partial charge in [-0.05, 0) is 31.5 Å². The summed E-state index contributed by atoms with van der Waals surface area (Å²) in [7, 11) is -1.44. The van der Waals surface area contributed by atoms with Crippen LogP contribution in [0.2, 0.25) is 5.02 Å². The van der Waals surface area contributed by atoms with Crippen molar-refractivity contribution in [2.75, 3.05) is 37.0 Å². The Morgan fingerprint density at radius 1 is 1.46 bits per heavy atom. The Bertz CT molecular complexity index is 693. The maximum absolute atomic E-state index is 12.4. The molecule has 134 valence electrons. The predicted octanol–water partition coefficient (Wildman–Crippen LogP) is 2.19. The summed E-state index contributed by atoms with van der Waals surface area (Å²) in [6, 6.07) is 5.14. The van der Waals surface area contributed by atoms with E-state index in [1.807, 2.05) is 13.0 Å². The minimum atomic E-state index is -3.00. The molecule has 6 nitrogen and oxygen atoms in total. The van der Waals surface area contributed by atoms with Crippen molar-refractivity contribution in [2.45, 2.75) is 25.8 Å². The average Bonchev–Trinajstić information content (AvgIpc) is 2.88. The van der Waals surface area contributed by atoms with Crippen LogP contribution >= 0.6 is 11.6 Å². The molecular weight excluding hydrogens is 352 g/mol. The first-order valence-electron chi connectivity index (χ1n) is 7.93. The lowest BCUT2D eigenvalue weighted by Gasteiger charge is -2.27. The van der Waals surface area contributed by atoms with E-state index in [1.54, 1.807) is 24.1 Å². The number of amides is 1. The minimum absolute atomic E-state index is 0.0355. The number of carbonyl (C=O) groups is 1. The van der Waals surface area contributed by atoms with E-state index in [0.717, 1.165) is 5.69 Å². The summed E-state index contributed by atoms with van der Waals surface area (Å²) < 4.78 is 28.3. The fourth-order valence-electron chi connectivity index (χ4n) is 2.89. The first-order chi connectivity index (χ1) is 11.4. The molecule has 1 aliphatic rings. The molecule has 1 aliphatic heterocycles. The third-order valence-corrected chi connectivity index (χ3v) is 6.18. The SMILES string of the molecule is CCN(C(=O)CCNc1ccc(OC)c(Cl)c1)C1CCS(=O)(=O)C1. The molecule has 1 aromatic carbocycles. The van der Waals surface area contributed by atoms with Gasteiger partial charge in [0.1, 0.15) is 5.75 Å². The van der Waals surface area contributed by atoms with Crippen molar-refractivity contribution in [1.82, 2.24) is 4.90 Å². The van der Waals surface area contributed by atoms with Crippen molar-refractivity contribution in [3.05, 3.63) is 23.2 Å². The Labute approximate surface area is 148 Å². The Morgan fingerprint density at radius 3 is 2.75 bits per heavy atom. The fraction of sp³-hybridized carbons (Fsp3) is 0.562. The van der Waals surface area contributed by atoms with Gasteiger partial charge in [-0.15, -0.1) is 0 Å². The monoisotopic (exact) mass is 374 g/mol. The molecule has 0 bridgehead atoms. The number of methoxy groups -OCH3 is 1. The van der Waals surface area contributed by atoms with Gasteiger partial charge in [0.2, 0.25) is 5.91 Å². The molecule has 1 saturated heterocycles. The molecule has 0 saturated carbocycles. The number of hydrogen-bond donors (Lipinski definition) is 1. The number of benzene rings is 1. The van der Waals surface area contributed by atoms with Crippen LogP contribution in [-0.4, -0.2) is 57.0 Å². The number of nitrogens with zero attached hydrogens (tertiary/aromatic N) is 1. The van der Waals surface area contributed by atoms with Gasteiger partial charge in [-0.1, -0.05) is 11.6 Å². The van der Waals surface area contributed by atoms with Crippen molar-refractivity contribution in [2.24, 2.45) is 0 Å². The maximum atomic E-state index is 12.4. The molecule has 0 spiro atoms. The lowest BCUT2D eigenvalue weighted by atomic mass is 10.2. The highest BCUT2D eigenvalue weighted by atomic mass is 35.5. The zero-order chi connectivity index (χ0) is 17.7. The Balaban J connectivity index is 1.86. The Hall–Kier alpha value is -1.47. The highest BCUT2D eigenvalue weighted by Gasteiger charge is 2.33. The number of halogens is 1. The van der Waals surface area contributed by atoms with Gasteiger partial charge in [-0.2, -0.15) is 0 Å². The number of hydrogen-bond acceptors (Lipinski definition) is 5. The van der Waals surface area contributed by atoms with Crippen molar-refractivity contribution in [1.29, 1.82) is 0 Å². The molecule has 1 atom stereocenters. The zero-order valence-electron chi connectivity index (χ0n) is 13.9. The van der Waals surface area contributed by atoms with E-state index < -0.39 is 9.84 Å². The van der Waals surface area contributed by atoms with E-state index in [2.05, 4.69) is 5.32 Å². The van der Waals surface area contributed by atoms with Crippen LogP contribution in [0.15, 0.2) is 18.2 Å². The standard InChI is InChI=1S/C16H23ClN2O4S/c1-3-19(13-7-9-24(21,22)11-13)16(20)6-8-18-12-4-5-15(23-2)14(17)10-12/h4-5,10,13,18H,3,6-9,11H2,1-2H3. The Kier molecular flexibility index (Phi) is 6.34. The Morgan fingerprint density at radius 2 is 2.21 bits per heavy atom. The zero-order valence-corrected chi connectivity index (χ0v) is 15.5. The van der Waals surface area contributed by atoms with E-state index in [9.17, 15) is 13.2 Å². The van der Waals surface area contributed by atoms with Gasteiger partial charge in [0.15, 0.2) is 9.84 Å². The molecule has 8 heteroatoms. The number of anilines is 1. The molecule has 24 heavy (non-hydrogen) atoms. The molecule has 1 unspecified atom stereocenters. The smallest absolute Gasteiger partial charge is 0.224 e. The third-order valence-electron chi connectivity index (χ3n) is 4.13. The number of carbonyl (C=O) groups excluding carboxylic acids is 1. The molecule has 1 fully saturated rings. The first kappa shape index (κ1) is 18.9. The average molecular weight is 375 g/mol. The van der Waals surface area contributed by atoms with E-state index in [0.29, 0.717) is 36.7 Å². The van der Waals surface area contributed by atoms with E-state index in [-0.39, 0.29) is 23.5 Å². The van der Waals surface area contributed by atoms with E-state index >= 15 is 0 Å². The predicted molar refractivity (Wildman–Crippen MR) is 95.6 cm³/mol. The highest BCUT2D eigenvalue weighted by molar-refractivity contribution is 7.91. The molecule has 0 aromatic heterocycles. The van der Waals surface area contributed by atoms with Gasteiger partial charge in [-0.25, -0.2) is 8.42 Å². The number of ether oxygens (including phenoxy) is 1. The maximum Gasteiger partial charge on any atom is 0.224 e. The molecule has 2 rings (SSSR count). The topological polar surface area (TPSA) is 75.7 Å². The van der Waals surface area contributed by atoms with Gasteiger partial charge in [0, 0.05) is 31.2 Å². The number of sulfone groups is 1. The van der Waals surface area contributed by atoms with Crippen molar-refractivity contribution in [3.63, 3.8) is 0 Å². The molecule has 1 heterocycles. The normalized spacial score (nSPS) is 19.0. The van der Waals surface area contributed by atoms with Crippen LogP contribution in [-0.2, 0) is 14.6 Å². The first-order valence-corrected chi connectivity index (χ1v) is 10.1.